The summed E-state index contributed by atoms with van der Waals surface area (Å²) in [5.74, 6) is 0.0939. The molecule has 1 aromatic heterocycles. The summed E-state index contributed by atoms with van der Waals surface area (Å²) in [5.41, 5.74) is 8.20. The number of rotatable bonds is 8. The van der Waals surface area contributed by atoms with Crippen LogP contribution < -0.4 is 21.1 Å². The summed E-state index contributed by atoms with van der Waals surface area (Å²) in [7, 11) is 1.58. The molecule has 1 atom stereocenters. The van der Waals surface area contributed by atoms with Crippen LogP contribution in [0.25, 0.3) is 0 Å². The second-order valence-electron chi connectivity index (χ2n) is 6.83. The standard InChI is InChI=1S/C22H24N4O3S/c1-14(16-8-4-3-5-9-16)12-24-22(28)20-18(23)19(26-30-20)21(27)25-13-15-7-6-10-17(11-15)29-2/h3-11,14H,12-13,23H2,1-2H3,(H,24,28)(H,25,27). The second kappa shape index (κ2) is 9.89. The third-order valence-corrected chi connectivity index (χ3v) is 5.54. The number of hydrogen-bond acceptors (Lipinski definition) is 6. The van der Waals surface area contributed by atoms with Crippen molar-refractivity contribution >= 4 is 29.0 Å². The van der Waals surface area contributed by atoms with Crippen LogP contribution >= 0.6 is 11.5 Å². The Morgan fingerprint density at radius 2 is 1.87 bits per heavy atom. The van der Waals surface area contributed by atoms with E-state index in [0.29, 0.717) is 18.8 Å². The minimum Gasteiger partial charge on any atom is -0.497 e. The fourth-order valence-corrected chi connectivity index (χ4v) is 3.61. The zero-order valence-electron chi connectivity index (χ0n) is 16.8. The van der Waals surface area contributed by atoms with Gasteiger partial charge in [-0.1, -0.05) is 49.4 Å². The highest BCUT2D eigenvalue weighted by molar-refractivity contribution is 7.09. The lowest BCUT2D eigenvalue weighted by atomic mass is 10.0. The Hall–Kier alpha value is -3.39. The van der Waals surface area contributed by atoms with Gasteiger partial charge in [0, 0.05) is 13.1 Å². The van der Waals surface area contributed by atoms with Crippen LogP contribution in [0.3, 0.4) is 0 Å². The lowest BCUT2D eigenvalue weighted by Gasteiger charge is -2.12. The van der Waals surface area contributed by atoms with Crippen LogP contribution in [0.5, 0.6) is 5.75 Å². The molecule has 0 saturated carbocycles. The number of methoxy groups -OCH3 is 1. The van der Waals surface area contributed by atoms with Crippen molar-refractivity contribution in [2.75, 3.05) is 19.4 Å². The number of nitrogen functional groups attached to an aromatic ring is 1. The summed E-state index contributed by atoms with van der Waals surface area (Å²) in [4.78, 5) is 25.2. The largest absolute Gasteiger partial charge is 0.497 e. The van der Waals surface area contributed by atoms with Gasteiger partial charge in [0.2, 0.25) is 0 Å². The Bertz CT molecular complexity index is 1020. The van der Waals surface area contributed by atoms with Gasteiger partial charge >= 0.3 is 0 Å². The lowest BCUT2D eigenvalue weighted by molar-refractivity contribution is 0.0946. The number of amides is 2. The number of carbonyl (C=O) groups is 2. The summed E-state index contributed by atoms with van der Waals surface area (Å²) >= 11 is 0.920. The second-order valence-corrected chi connectivity index (χ2v) is 7.60. The minimum atomic E-state index is -0.428. The van der Waals surface area contributed by atoms with Gasteiger partial charge in [0.25, 0.3) is 11.8 Å². The zero-order chi connectivity index (χ0) is 21.5. The average Bonchev–Trinajstić information content (AvgIpc) is 3.17. The first-order chi connectivity index (χ1) is 14.5. The molecule has 0 spiro atoms. The molecule has 3 rings (SSSR count). The van der Waals surface area contributed by atoms with Gasteiger partial charge in [-0.3, -0.25) is 9.59 Å². The molecule has 1 unspecified atom stereocenters. The number of hydrogen-bond donors (Lipinski definition) is 3. The first-order valence-electron chi connectivity index (χ1n) is 9.49. The summed E-state index contributed by atoms with van der Waals surface area (Å²) in [5, 5.41) is 5.64. The van der Waals surface area contributed by atoms with Crippen molar-refractivity contribution in [1.82, 2.24) is 15.0 Å². The van der Waals surface area contributed by atoms with Gasteiger partial charge in [0.1, 0.15) is 10.6 Å². The van der Waals surface area contributed by atoms with E-state index < -0.39 is 5.91 Å². The summed E-state index contributed by atoms with van der Waals surface area (Å²) in [6, 6.07) is 17.3. The third-order valence-electron chi connectivity index (χ3n) is 4.67. The summed E-state index contributed by atoms with van der Waals surface area (Å²) in [6.45, 7) is 2.78. The number of nitrogens with zero attached hydrogens (tertiary/aromatic N) is 1. The molecule has 0 saturated heterocycles. The number of carbonyl (C=O) groups excluding carboxylic acids is 2. The molecule has 0 bridgehead atoms. The molecule has 2 amide bonds. The Labute approximate surface area is 179 Å². The van der Waals surface area contributed by atoms with Crippen molar-refractivity contribution in [3.63, 3.8) is 0 Å². The molecule has 0 radical (unpaired) electrons. The number of nitrogens with two attached hydrogens (primary N) is 1. The van der Waals surface area contributed by atoms with Crippen LogP contribution in [0.15, 0.2) is 54.6 Å². The van der Waals surface area contributed by atoms with Crippen molar-refractivity contribution in [3.05, 3.63) is 76.3 Å². The van der Waals surface area contributed by atoms with Crippen LogP contribution in [0.2, 0.25) is 0 Å². The molecule has 156 valence electrons. The number of ether oxygens (including phenoxy) is 1. The number of anilines is 1. The third kappa shape index (κ3) is 5.15. The molecule has 3 aromatic rings. The minimum absolute atomic E-state index is 0.0594. The smallest absolute Gasteiger partial charge is 0.273 e. The normalized spacial score (nSPS) is 11.5. The number of aromatic nitrogens is 1. The molecule has 8 heteroatoms. The number of nitrogens with one attached hydrogen (secondary N) is 2. The Kier molecular flexibility index (Phi) is 7.03. The van der Waals surface area contributed by atoms with Gasteiger partial charge in [-0.05, 0) is 40.7 Å². The van der Waals surface area contributed by atoms with Crippen LogP contribution in [0.4, 0.5) is 5.69 Å². The van der Waals surface area contributed by atoms with E-state index in [1.165, 1.54) is 0 Å². The van der Waals surface area contributed by atoms with E-state index in [4.69, 9.17) is 10.5 Å². The Balaban J connectivity index is 1.58. The van der Waals surface area contributed by atoms with Crippen molar-refractivity contribution in [2.45, 2.75) is 19.4 Å². The van der Waals surface area contributed by atoms with Gasteiger partial charge in [-0.15, -0.1) is 0 Å². The highest BCUT2D eigenvalue weighted by atomic mass is 32.1. The number of benzene rings is 2. The summed E-state index contributed by atoms with van der Waals surface area (Å²) < 4.78 is 9.26. The van der Waals surface area contributed by atoms with Gasteiger partial charge < -0.3 is 21.1 Å². The average molecular weight is 425 g/mol. The van der Waals surface area contributed by atoms with Crippen LogP contribution in [0, 0.1) is 0 Å². The quantitative estimate of drug-likeness (QED) is 0.515. The van der Waals surface area contributed by atoms with Crippen molar-refractivity contribution in [3.8, 4) is 5.75 Å². The molecule has 4 N–H and O–H groups in total. The highest BCUT2D eigenvalue weighted by Crippen LogP contribution is 2.22. The molecule has 2 aromatic carbocycles. The molecule has 30 heavy (non-hydrogen) atoms. The van der Waals surface area contributed by atoms with Gasteiger partial charge in [-0.25, -0.2) is 0 Å². The van der Waals surface area contributed by atoms with Gasteiger partial charge in [-0.2, -0.15) is 4.37 Å². The maximum atomic E-state index is 12.5. The summed E-state index contributed by atoms with van der Waals surface area (Å²) in [6.07, 6.45) is 0. The molecular weight excluding hydrogens is 400 g/mol. The molecule has 1 heterocycles. The fourth-order valence-electron chi connectivity index (χ4n) is 2.90. The van der Waals surface area contributed by atoms with E-state index in [9.17, 15) is 9.59 Å². The van der Waals surface area contributed by atoms with E-state index in [-0.39, 0.29) is 28.1 Å². The van der Waals surface area contributed by atoms with E-state index in [1.54, 1.807) is 7.11 Å². The molecule has 0 aliphatic carbocycles. The van der Waals surface area contributed by atoms with Gasteiger partial charge in [0.15, 0.2) is 5.69 Å². The first-order valence-corrected chi connectivity index (χ1v) is 10.3. The first kappa shape index (κ1) is 21.3. The van der Waals surface area contributed by atoms with Crippen molar-refractivity contribution in [2.24, 2.45) is 0 Å². The van der Waals surface area contributed by atoms with E-state index in [1.807, 2.05) is 61.5 Å². The molecule has 0 aliphatic heterocycles. The molecule has 0 fully saturated rings. The SMILES string of the molecule is COc1cccc(CNC(=O)c2nsc(C(=O)NCC(C)c3ccccc3)c2N)c1. The van der Waals surface area contributed by atoms with Crippen molar-refractivity contribution < 1.29 is 14.3 Å². The monoisotopic (exact) mass is 424 g/mol. The topological polar surface area (TPSA) is 106 Å². The van der Waals surface area contributed by atoms with E-state index in [2.05, 4.69) is 15.0 Å². The molecule has 7 nitrogen and oxygen atoms in total. The molecule has 0 aliphatic rings. The zero-order valence-corrected chi connectivity index (χ0v) is 17.7. The van der Waals surface area contributed by atoms with Crippen molar-refractivity contribution in [1.29, 1.82) is 0 Å². The maximum absolute atomic E-state index is 12.5. The Morgan fingerprint density at radius 3 is 2.60 bits per heavy atom. The molecular formula is C22H24N4O3S. The maximum Gasteiger partial charge on any atom is 0.273 e. The van der Waals surface area contributed by atoms with Crippen LogP contribution in [-0.4, -0.2) is 29.8 Å². The lowest BCUT2D eigenvalue weighted by Crippen LogP contribution is -2.28. The van der Waals surface area contributed by atoms with Crippen LogP contribution in [0.1, 0.15) is 44.1 Å². The fraction of sp³-hybridized carbons (Fsp3) is 0.227. The van der Waals surface area contributed by atoms with Gasteiger partial charge in [0.05, 0.1) is 12.8 Å². The van der Waals surface area contributed by atoms with Crippen LogP contribution in [-0.2, 0) is 6.54 Å². The predicted octanol–water partition coefficient (Wildman–Crippen LogP) is 3.20. The van der Waals surface area contributed by atoms with E-state index >= 15 is 0 Å². The van der Waals surface area contributed by atoms with E-state index in [0.717, 1.165) is 22.7 Å². The Morgan fingerprint density at radius 1 is 1.10 bits per heavy atom. The predicted molar refractivity (Wildman–Crippen MR) is 118 cm³/mol. The highest BCUT2D eigenvalue weighted by Gasteiger charge is 2.22.